The summed E-state index contributed by atoms with van der Waals surface area (Å²) < 4.78 is 5.45. The number of carbonyl (C=O) groups is 1. The van der Waals surface area contributed by atoms with Gasteiger partial charge in [0.2, 0.25) is 0 Å². The monoisotopic (exact) mass is 352 g/mol. The fourth-order valence-corrected chi connectivity index (χ4v) is 4.27. The average molecular weight is 352 g/mol. The van der Waals surface area contributed by atoms with Crippen LogP contribution in [0.1, 0.15) is 44.6 Å². The van der Waals surface area contributed by atoms with Crippen molar-refractivity contribution in [2.45, 2.75) is 45.6 Å². The van der Waals surface area contributed by atoms with Crippen molar-refractivity contribution in [2.75, 3.05) is 19.7 Å². The first-order valence-corrected chi connectivity index (χ1v) is 9.92. The minimum atomic E-state index is -0.235. The number of hydrogen-bond donors (Lipinski definition) is 0. The number of benzene rings is 1. The van der Waals surface area contributed by atoms with Gasteiger partial charge < -0.3 is 4.74 Å². The highest BCUT2D eigenvalue weighted by Gasteiger charge is 2.45. The zero-order valence-corrected chi connectivity index (χ0v) is 15.6. The minimum Gasteiger partial charge on any atom is -0.466 e. The molecule has 4 nitrogen and oxygen atoms in total. The van der Waals surface area contributed by atoms with Crippen LogP contribution in [-0.4, -0.2) is 35.5 Å². The van der Waals surface area contributed by atoms with Crippen LogP contribution < -0.4 is 0 Å². The predicted molar refractivity (Wildman–Crippen MR) is 103 cm³/mol. The first-order valence-electron chi connectivity index (χ1n) is 9.92. The molecule has 4 rings (SSSR count). The minimum absolute atomic E-state index is 0.0447. The summed E-state index contributed by atoms with van der Waals surface area (Å²) in [6, 6.07) is 10.6. The molecular weight excluding hydrogens is 324 g/mol. The Labute approximate surface area is 155 Å². The Bertz CT molecular complexity index is 777. The number of fused-ring (bicyclic) bond motifs is 1. The number of rotatable bonds is 6. The smallest absolute Gasteiger partial charge is 0.312 e. The van der Waals surface area contributed by atoms with E-state index in [9.17, 15) is 4.79 Å². The second-order valence-corrected chi connectivity index (χ2v) is 7.95. The third kappa shape index (κ3) is 3.75. The maximum absolute atomic E-state index is 12.6. The molecule has 0 atom stereocenters. The Morgan fingerprint density at radius 1 is 1.27 bits per heavy atom. The van der Waals surface area contributed by atoms with E-state index in [4.69, 9.17) is 4.74 Å². The first kappa shape index (κ1) is 17.5. The summed E-state index contributed by atoms with van der Waals surface area (Å²) >= 11 is 0. The maximum atomic E-state index is 12.6. The molecule has 1 aromatic carbocycles. The molecule has 0 N–H and O–H groups in total. The van der Waals surface area contributed by atoms with E-state index >= 15 is 0 Å². The lowest BCUT2D eigenvalue weighted by molar-refractivity contribution is -0.159. The number of hydrogen-bond acceptors (Lipinski definition) is 4. The highest BCUT2D eigenvalue weighted by atomic mass is 16.5. The highest BCUT2D eigenvalue weighted by Crippen LogP contribution is 2.46. The normalized spacial score (nSPS) is 20.2. The zero-order chi connectivity index (χ0) is 18.0. The van der Waals surface area contributed by atoms with E-state index in [2.05, 4.69) is 34.1 Å². The topological polar surface area (TPSA) is 42.4 Å². The zero-order valence-electron chi connectivity index (χ0n) is 15.6. The third-order valence-electron chi connectivity index (χ3n) is 5.97. The molecule has 26 heavy (non-hydrogen) atoms. The summed E-state index contributed by atoms with van der Waals surface area (Å²) in [4.78, 5) is 19.5. The lowest BCUT2D eigenvalue weighted by atomic mass is 9.74. The Hall–Kier alpha value is -1.94. The van der Waals surface area contributed by atoms with Gasteiger partial charge in [-0.25, -0.2) is 0 Å². The van der Waals surface area contributed by atoms with Gasteiger partial charge in [0.05, 0.1) is 17.5 Å². The molecule has 2 aliphatic rings. The van der Waals surface area contributed by atoms with E-state index in [-0.39, 0.29) is 11.4 Å². The molecule has 0 spiro atoms. The quantitative estimate of drug-likeness (QED) is 0.732. The van der Waals surface area contributed by atoms with Crippen LogP contribution in [0, 0.1) is 11.3 Å². The molecule has 1 aliphatic heterocycles. The molecule has 2 heterocycles. The fraction of sp³-hybridized carbons (Fsp3) is 0.545. The van der Waals surface area contributed by atoms with Gasteiger partial charge in [0.25, 0.3) is 0 Å². The summed E-state index contributed by atoms with van der Waals surface area (Å²) in [6.07, 6.45) is 7.30. The van der Waals surface area contributed by atoms with Crippen LogP contribution in [0.2, 0.25) is 0 Å². The Balaban J connectivity index is 1.41. The molecule has 1 aliphatic carbocycles. The van der Waals surface area contributed by atoms with Gasteiger partial charge in [0, 0.05) is 18.1 Å². The lowest BCUT2D eigenvalue weighted by Gasteiger charge is -2.40. The van der Waals surface area contributed by atoms with E-state index in [0.29, 0.717) is 6.61 Å². The summed E-state index contributed by atoms with van der Waals surface area (Å²) in [5.41, 5.74) is 2.12. The molecule has 2 fully saturated rings. The molecule has 2 aromatic rings. The van der Waals surface area contributed by atoms with Crippen molar-refractivity contribution >= 4 is 16.9 Å². The summed E-state index contributed by atoms with van der Waals surface area (Å²) in [5, 5.41) is 1.19. The standard InChI is InChI=1S/C22H28N2O2/c1-2-26-21(25)22(15-17-5-6-17)9-12-24(13-10-22)16-18-7-8-20-19(14-18)4-3-11-23-20/h3-4,7-8,11,14,17H,2,5-6,9-10,12-13,15-16H2,1H3. The number of esters is 1. The van der Waals surface area contributed by atoms with Gasteiger partial charge in [-0.2, -0.15) is 0 Å². The van der Waals surface area contributed by atoms with E-state index in [1.54, 1.807) is 0 Å². The molecule has 0 amide bonds. The van der Waals surface area contributed by atoms with Gasteiger partial charge in [-0.15, -0.1) is 0 Å². The van der Waals surface area contributed by atoms with Crippen LogP contribution >= 0.6 is 0 Å². The number of carbonyl (C=O) groups excluding carboxylic acids is 1. The van der Waals surface area contributed by atoms with Crippen molar-refractivity contribution in [3.05, 3.63) is 42.1 Å². The van der Waals surface area contributed by atoms with Crippen LogP contribution in [0.5, 0.6) is 0 Å². The van der Waals surface area contributed by atoms with Crippen LogP contribution in [0.25, 0.3) is 10.9 Å². The molecule has 0 radical (unpaired) electrons. The highest BCUT2D eigenvalue weighted by molar-refractivity contribution is 5.79. The van der Waals surface area contributed by atoms with E-state index in [0.717, 1.165) is 50.3 Å². The van der Waals surface area contributed by atoms with Gasteiger partial charge in [-0.1, -0.05) is 25.0 Å². The van der Waals surface area contributed by atoms with Crippen molar-refractivity contribution < 1.29 is 9.53 Å². The second kappa shape index (κ2) is 7.36. The Morgan fingerprint density at radius 3 is 2.81 bits per heavy atom. The summed E-state index contributed by atoms with van der Waals surface area (Å²) in [6.45, 7) is 5.27. The van der Waals surface area contributed by atoms with Crippen LogP contribution in [-0.2, 0) is 16.1 Å². The molecular formula is C22H28N2O2. The molecule has 138 valence electrons. The van der Waals surface area contributed by atoms with Gasteiger partial charge >= 0.3 is 5.97 Å². The summed E-state index contributed by atoms with van der Waals surface area (Å²) in [7, 11) is 0. The number of aromatic nitrogens is 1. The SMILES string of the molecule is CCOC(=O)C1(CC2CC2)CCN(Cc2ccc3ncccc3c2)CC1. The molecule has 4 heteroatoms. The van der Waals surface area contributed by atoms with E-state index in [1.807, 2.05) is 19.2 Å². The van der Waals surface area contributed by atoms with Crippen LogP contribution in [0.3, 0.4) is 0 Å². The van der Waals surface area contributed by atoms with Gasteiger partial charge in [-0.05, 0) is 69.0 Å². The predicted octanol–water partition coefficient (Wildman–Crippen LogP) is 4.18. The van der Waals surface area contributed by atoms with Crippen molar-refractivity contribution in [1.29, 1.82) is 0 Å². The number of likely N-dealkylation sites (tertiary alicyclic amines) is 1. The van der Waals surface area contributed by atoms with E-state index < -0.39 is 0 Å². The van der Waals surface area contributed by atoms with Crippen molar-refractivity contribution in [3.63, 3.8) is 0 Å². The largest absolute Gasteiger partial charge is 0.466 e. The Kier molecular flexibility index (Phi) is 4.94. The molecule has 1 saturated heterocycles. The summed E-state index contributed by atoms with van der Waals surface area (Å²) in [5.74, 6) is 0.794. The number of pyridine rings is 1. The molecule has 1 saturated carbocycles. The fourth-order valence-electron chi connectivity index (χ4n) is 4.27. The van der Waals surface area contributed by atoms with E-state index in [1.165, 1.54) is 23.8 Å². The average Bonchev–Trinajstić information content (AvgIpc) is 3.47. The van der Waals surface area contributed by atoms with Crippen LogP contribution in [0.4, 0.5) is 0 Å². The molecule has 0 unspecified atom stereocenters. The van der Waals surface area contributed by atoms with Crippen LogP contribution in [0.15, 0.2) is 36.5 Å². The van der Waals surface area contributed by atoms with Gasteiger partial charge in [0.15, 0.2) is 0 Å². The third-order valence-corrected chi connectivity index (χ3v) is 5.97. The first-order chi connectivity index (χ1) is 12.7. The molecule has 0 bridgehead atoms. The van der Waals surface area contributed by atoms with Crippen molar-refractivity contribution in [2.24, 2.45) is 11.3 Å². The number of ether oxygens (including phenoxy) is 1. The maximum Gasteiger partial charge on any atom is 0.312 e. The van der Waals surface area contributed by atoms with Crippen molar-refractivity contribution in [1.82, 2.24) is 9.88 Å². The number of piperidine rings is 1. The Morgan fingerprint density at radius 2 is 2.08 bits per heavy atom. The van der Waals surface area contributed by atoms with Crippen molar-refractivity contribution in [3.8, 4) is 0 Å². The second-order valence-electron chi connectivity index (χ2n) is 7.95. The molecule has 1 aromatic heterocycles. The van der Waals surface area contributed by atoms with Gasteiger partial charge in [-0.3, -0.25) is 14.7 Å². The van der Waals surface area contributed by atoms with Gasteiger partial charge in [0.1, 0.15) is 0 Å². The lowest BCUT2D eigenvalue weighted by Crippen LogP contribution is -2.45. The number of nitrogens with zero attached hydrogens (tertiary/aromatic N) is 2.